The summed E-state index contributed by atoms with van der Waals surface area (Å²) in [6, 6.07) is 17.3. The number of carbonyl (C=O) groups excluding carboxylic acids is 1. The van der Waals surface area contributed by atoms with Gasteiger partial charge in [0.05, 0.1) is 12.6 Å². The van der Waals surface area contributed by atoms with Crippen LogP contribution in [-0.4, -0.2) is 46.2 Å². The molecule has 0 saturated heterocycles. The first kappa shape index (κ1) is 18.2. The van der Waals surface area contributed by atoms with Crippen LogP contribution in [0.25, 0.3) is 11.1 Å². The number of fused-ring (bicyclic) bond motifs is 4. The third kappa shape index (κ3) is 3.16. The molecule has 0 radical (unpaired) electrons. The average molecular weight is 405 g/mol. The fourth-order valence-corrected chi connectivity index (χ4v) is 4.09. The molecule has 1 amide bonds. The number of benzene rings is 2. The monoisotopic (exact) mass is 405 g/mol. The minimum Gasteiger partial charge on any atom is -0.476 e. The van der Waals surface area contributed by atoms with Crippen molar-refractivity contribution in [1.82, 2.24) is 15.1 Å². The first-order chi connectivity index (χ1) is 14.6. The van der Waals surface area contributed by atoms with Crippen LogP contribution in [0, 0.1) is 0 Å². The Balaban J connectivity index is 1.23. The molecule has 2 heterocycles. The van der Waals surface area contributed by atoms with Gasteiger partial charge < -0.3 is 19.9 Å². The van der Waals surface area contributed by atoms with Crippen molar-refractivity contribution in [2.75, 3.05) is 13.2 Å². The SMILES string of the molecule is O=C(NC1COc2cc(C(=O)O)nn2C1)OCC1c2ccccc2-c2ccccc21. The topological polar surface area (TPSA) is 103 Å². The summed E-state index contributed by atoms with van der Waals surface area (Å²) in [5.74, 6) is -0.763. The molecule has 0 spiro atoms. The third-order valence-corrected chi connectivity index (χ3v) is 5.45. The highest BCUT2D eigenvalue weighted by Gasteiger charge is 2.30. The zero-order chi connectivity index (χ0) is 20.7. The molecular formula is C22H19N3O5. The Morgan fingerprint density at radius 3 is 2.47 bits per heavy atom. The van der Waals surface area contributed by atoms with Crippen molar-refractivity contribution in [2.24, 2.45) is 0 Å². The van der Waals surface area contributed by atoms with Crippen LogP contribution < -0.4 is 10.1 Å². The normalized spacial score (nSPS) is 16.7. The second kappa shape index (κ2) is 7.22. The van der Waals surface area contributed by atoms with Gasteiger partial charge in [0.1, 0.15) is 13.2 Å². The molecule has 5 rings (SSSR count). The number of hydrogen-bond acceptors (Lipinski definition) is 5. The first-order valence-electron chi connectivity index (χ1n) is 9.65. The van der Waals surface area contributed by atoms with Crippen LogP contribution >= 0.6 is 0 Å². The van der Waals surface area contributed by atoms with Crippen LogP contribution in [0.3, 0.4) is 0 Å². The highest BCUT2D eigenvalue weighted by molar-refractivity contribution is 5.85. The number of rotatable bonds is 4. The van der Waals surface area contributed by atoms with E-state index in [2.05, 4.69) is 34.7 Å². The summed E-state index contributed by atoms with van der Waals surface area (Å²) in [6.07, 6.45) is -0.542. The number of aromatic nitrogens is 2. The van der Waals surface area contributed by atoms with Crippen LogP contribution in [0.1, 0.15) is 27.5 Å². The predicted octanol–water partition coefficient (Wildman–Crippen LogP) is 2.88. The van der Waals surface area contributed by atoms with Gasteiger partial charge in [-0.25, -0.2) is 14.3 Å². The van der Waals surface area contributed by atoms with Gasteiger partial charge in [0.2, 0.25) is 5.88 Å². The van der Waals surface area contributed by atoms with E-state index >= 15 is 0 Å². The standard InChI is InChI=1S/C22H19N3O5/c26-21(27)19-9-20-25(24-19)10-13(11-29-20)23-22(28)30-12-18-16-7-3-1-5-14(16)15-6-2-4-8-17(15)18/h1-9,13,18H,10-12H2,(H,23,28)(H,26,27). The fraction of sp³-hybridized carbons (Fsp3) is 0.227. The number of nitrogens with one attached hydrogen (secondary N) is 1. The summed E-state index contributed by atoms with van der Waals surface area (Å²) in [4.78, 5) is 23.4. The van der Waals surface area contributed by atoms with Gasteiger partial charge in [0.15, 0.2) is 5.69 Å². The fourth-order valence-electron chi connectivity index (χ4n) is 4.09. The number of aromatic carboxylic acids is 1. The lowest BCUT2D eigenvalue weighted by atomic mass is 9.98. The van der Waals surface area contributed by atoms with Crippen molar-refractivity contribution in [2.45, 2.75) is 18.5 Å². The van der Waals surface area contributed by atoms with E-state index in [9.17, 15) is 9.59 Å². The number of ether oxygens (including phenoxy) is 2. The van der Waals surface area contributed by atoms with Gasteiger partial charge in [-0.1, -0.05) is 48.5 Å². The number of amides is 1. The van der Waals surface area contributed by atoms with Crippen molar-refractivity contribution in [3.05, 3.63) is 71.4 Å². The quantitative estimate of drug-likeness (QED) is 0.692. The van der Waals surface area contributed by atoms with Crippen molar-refractivity contribution >= 4 is 12.1 Å². The maximum Gasteiger partial charge on any atom is 0.407 e. The van der Waals surface area contributed by atoms with Crippen molar-refractivity contribution < 1.29 is 24.2 Å². The molecule has 152 valence electrons. The molecule has 2 aromatic carbocycles. The Labute approximate surface area is 172 Å². The summed E-state index contributed by atoms with van der Waals surface area (Å²) in [5.41, 5.74) is 4.54. The van der Waals surface area contributed by atoms with E-state index in [0.717, 1.165) is 11.1 Å². The lowest BCUT2D eigenvalue weighted by Gasteiger charge is -2.24. The molecule has 1 aliphatic heterocycles. The van der Waals surface area contributed by atoms with Crippen LogP contribution in [0.2, 0.25) is 0 Å². The summed E-state index contributed by atoms with van der Waals surface area (Å²) in [6.45, 7) is 0.755. The molecular weight excluding hydrogens is 386 g/mol. The number of carbonyl (C=O) groups is 2. The van der Waals surface area contributed by atoms with Gasteiger partial charge in [-0.15, -0.1) is 0 Å². The van der Waals surface area contributed by atoms with Gasteiger partial charge >= 0.3 is 12.1 Å². The summed E-state index contributed by atoms with van der Waals surface area (Å²) in [5, 5.41) is 15.8. The zero-order valence-electron chi connectivity index (χ0n) is 15.9. The van der Waals surface area contributed by atoms with Gasteiger partial charge in [0, 0.05) is 12.0 Å². The minimum atomic E-state index is -1.12. The Bertz CT molecular complexity index is 1090. The number of hydrogen-bond donors (Lipinski definition) is 2. The minimum absolute atomic E-state index is 0.0124. The van der Waals surface area contributed by atoms with E-state index in [1.165, 1.54) is 21.9 Å². The van der Waals surface area contributed by atoms with Crippen molar-refractivity contribution in [3.8, 4) is 17.0 Å². The highest BCUT2D eigenvalue weighted by atomic mass is 16.5. The van der Waals surface area contributed by atoms with E-state index < -0.39 is 12.1 Å². The Morgan fingerprint density at radius 1 is 1.13 bits per heavy atom. The number of carboxylic acids is 1. The van der Waals surface area contributed by atoms with Gasteiger partial charge in [-0.05, 0) is 22.3 Å². The molecule has 0 saturated carbocycles. The largest absolute Gasteiger partial charge is 0.476 e. The van der Waals surface area contributed by atoms with Crippen molar-refractivity contribution in [3.63, 3.8) is 0 Å². The summed E-state index contributed by atoms with van der Waals surface area (Å²) >= 11 is 0. The molecule has 2 N–H and O–H groups in total. The molecule has 3 aromatic rings. The highest BCUT2D eigenvalue weighted by Crippen LogP contribution is 2.44. The molecule has 1 aromatic heterocycles. The van der Waals surface area contributed by atoms with Gasteiger partial charge in [-0.3, -0.25) is 0 Å². The Kier molecular flexibility index (Phi) is 4.39. The number of nitrogens with zero attached hydrogens (tertiary/aromatic N) is 2. The molecule has 1 aliphatic carbocycles. The van der Waals surface area contributed by atoms with E-state index in [-0.39, 0.29) is 30.9 Å². The molecule has 1 unspecified atom stereocenters. The summed E-state index contributed by atoms with van der Waals surface area (Å²) in [7, 11) is 0. The second-order valence-corrected chi connectivity index (χ2v) is 7.33. The van der Waals surface area contributed by atoms with Crippen LogP contribution in [-0.2, 0) is 11.3 Å². The predicted molar refractivity (Wildman–Crippen MR) is 107 cm³/mol. The van der Waals surface area contributed by atoms with E-state index in [4.69, 9.17) is 14.6 Å². The number of alkyl carbamates (subject to hydrolysis) is 1. The van der Waals surface area contributed by atoms with Crippen LogP contribution in [0.5, 0.6) is 5.88 Å². The smallest absolute Gasteiger partial charge is 0.407 e. The van der Waals surface area contributed by atoms with Gasteiger partial charge in [0.25, 0.3) is 0 Å². The maximum atomic E-state index is 12.4. The van der Waals surface area contributed by atoms with E-state index in [0.29, 0.717) is 12.4 Å². The number of carboxylic acid groups (broad SMARTS) is 1. The molecule has 0 bridgehead atoms. The lowest BCUT2D eigenvalue weighted by Crippen LogP contribution is -2.45. The maximum absolute atomic E-state index is 12.4. The van der Waals surface area contributed by atoms with E-state index in [1.54, 1.807) is 0 Å². The van der Waals surface area contributed by atoms with Crippen LogP contribution in [0.15, 0.2) is 54.6 Å². The van der Waals surface area contributed by atoms with Gasteiger partial charge in [-0.2, -0.15) is 5.10 Å². The molecule has 1 atom stereocenters. The summed E-state index contributed by atoms with van der Waals surface area (Å²) < 4.78 is 12.5. The zero-order valence-corrected chi connectivity index (χ0v) is 15.9. The van der Waals surface area contributed by atoms with Crippen molar-refractivity contribution in [1.29, 1.82) is 0 Å². The second-order valence-electron chi connectivity index (χ2n) is 7.33. The van der Waals surface area contributed by atoms with E-state index in [1.807, 2.05) is 24.3 Å². The Morgan fingerprint density at radius 2 is 1.80 bits per heavy atom. The molecule has 8 nitrogen and oxygen atoms in total. The average Bonchev–Trinajstić information content (AvgIpc) is 3.31. The Hall–Kier alpha value is -3.81. The third-order valence-electron chi connectivity index (χ3n) is 5.45. The molecule has 0 fully saturated rings. The molecule has 2 aliphatic rings. The van der Waals surface area contributed by atoms with Crippen LogP contribution in [0.4, 0.5) is 4.79 Å². The molecule has 30 heavy (non-hydrogen) atoms. The molecule has 8 heteroatoms. The first-order valence-corrected chi connectivity index (χ1v) is 9.65. The lowest BCUT2D eigenvalue weighted by molar-refractivity contribution is 0.0688.